The molecule has 20 heavy (non-hydrogen) atoms. The molecule has 0 saturated carbocycles. The van der Waals surface area contributed by atoms with Gasteiger partial charge in [0.15, 0.2) is 0 Å². The molecule has 0 radical (unpaired) electrons. The number of hydrogen-bond donors (Lipinski definition) is 1. The number of carbonyl (C=O) groups excluding carboxylic acids is 1. The molecule has 0 heterocycles. The summed E-state index contributed by atoms with van der Waals surface area (Å²) in [6.45, 7) is 1.67. The second-order valence-electron chi connectivity index (χ2n) is 4.08. The maximum absolute atomic E-state index is 11.7. The summed E-state index contributed by atoms with van der Waals surface area (Å²) in [6, 6.07) is 12.8. The van der Waals surface area contributed by atoms with Gasteiger partial charge in [0.05, 0.1) is 4.92 Å². The number of ether oxygens (including phenoxy) is 1. The molecule has 2 aromatic rings. The van der Waals surface area contributed by atoms with Gasteiger partial charge in [-0.15, -0.1) is 0 Å². The van der Waals surface area contributed by atoms with Crippen molar-refractivity contribution in [1.29, 1.82) is 0 Å². The van der Waals surface area contributed by atoms with Crippen LogP contribution in [0.4, 0.5) is 16.2 Å². The van der Waals surface area contributed by atoms with E-state index in [-0.39, 0.29) is 5.69 Å². The van der Waals surface area contributed by atoms with E-state index in [2.05, 4.69) is 5.32 Å². The number of nitro groups is 1. The van der Waals surface area contributed by atoms with Gasteiger partial charge in [-0.25, -0.2) is 4.79 Å². The third-order valence-corrected chi connectivity index (χ3v) is 2.61. The number of nitro benzene ring substituents is 1. The molecule has 1 N–H and O–H groups in total. The molecule has 0 aliphatic heterocycles. The number of aryl methyl sites for hydroxylation is 1. The van der Waals surface area contributed by atoms with E-state index in [4.69, 9.17) is 4.74 Å². The quantitative estimate of drug-likeness (QED) is 0.684. The highest BCUT2D eigenvalue weighted by molar-refractivity contribution is 5.87. The standard InChI is InChI=1S/C14H12N2O4/c1-10-9-11(16(18)19)7-8-13(10)15-14(17)20-12-5-3-2-4-6-12/h2-9H,1H3,(H,15,17). The fourth-order valence-electron chi connectivity index (χ4n) is 1.63. The van der Waals surface area contributed by atoms with Crippen molar-refractivity contribution in [2.45, 2.75) is 6.92 Å². The monoisotopic (exact) mass is 272 g/mol. The van der Waals surface area contributed by atoms with Gasteiger partial charge in [0.1, 0.15) is 5.75 Å². The first-order chi connectivity index (χ1) is 9.56. The smallest absolute Gasteiger partial charge is 0.410 e. The third kappa shape index (κ3) is 3.32. The molecule has 102 valence electrons. The van der Waals surface area contributed by atoms with E-state index in [0.717, 1.165) is 0 Å². The highest BCUT2D eigenvalue weighted by Crippen LogP contribution is 2.21. The summed E-state index contributed by atoms with van der Waals surface area (Å²) in [5.41, 5.74) is 1.03. The van der Waals surface area contributed by atoms with Crippen molar-refractivity contribution in [3.8, 4) is 5.75 Å². The SMILES string of the molecule is Cc1cc([N+](=O)[O-])ccc1NC(=O)Oc1ccccc1. The van der Waals surface area contributed by atoms with Gasteiger partial charge < -0.3 is 4.74 Å². The largest absolute Gasteiger partial charge is 0.417 e. The van der Waals surface area contributed by atoms with Crippen LogP contribution in [0.15, 0.2) is 48.5 Å². The zero-order valence-corrected chi connectivity index (χ0v) is 10.7. The number of para-hydroxylation sites is 1. The number of carbonyl (C=O) groups is 1. The lowest BCUT2D eigenvalue weighted by molar-refractivity contribution is -0.384. The molecule has 0 unspecified atom stereocenters. The molecule has 6 heteroatoms. The maximum atomic E-state index is 11.7. The van der Waals surface area contributed by atoms with Crippen LogP contribution in [0.1, 0.15) is 5.56 Å². The van der Waals surface area contributed by atoms with E-state index in [9.17, 15) is 14.9 Å². The second kappa shape index (κ2) is 5.83. The number of anilines is 1. The Kier molecular flexibility index (Phi) is 3.95. The first-order valence-electron chi connectivity index (χ1n) is 5.85. The van der Waals surface area contributed by atoms with Crippen LogP contribution in [0, 0.1) is 17.0 Å². The summed E-state index contributed by atoms with van der Waals surface area (Å²) >= 11 is 0. The van der Waals surface area contributed by atoms with Crippen LogP contribution in [0.25, 0.3) is 0 Å². The van der Waals surface area contributed by atoms with Gasteiger partial charge >= 0.3 is 6.09 Å². The van der Waals surface area contributed by atoms with E-state index in [0.29, 0.717) is 17.0 Å². The number of benzene rings is 2. The lowest BCUT2D eigenvalue weighted by Gasteiger charge is -2.08. The fourth-order valence-corrected chi connectivity index (χ4v) is 1.63. The van der Waals surface area contributed by atoms with Crippen LogP contribution in [0.5, 0.6) is 5.75 Å². The minimum absolute atomic E-state index is 0.0236. The molecule has 0 fully saturated rings. The minimum Gasteiger partial charge on any atom is -0.410 e. The fraction of sp³-hybridized carbons (Fsp3) is 0.0714. The predicted octanol–water partition coefficient (Wildman–Crippen LogP) is 3.51. The first-order valence-corrected chi connectivity index (χ1v) is 5.85. The molecular weight excluding hydrogens is 260 g/mol. The van der Waals surface area contributed by atoms with Crippen LogP contribution < -0.4 is 10.1 Å². The zero-order valence-electron chi connectivity index (χ0n) is 10.7. The average Bonchev–Trinajstić information content (AvgIpc) is 2.42. The topological polar surface area (TPSA) is 81.5 Å². The van der Waals surface area contributed by atoms with Crippen molar-refractivity contribution >= 4 is 17.5 Å². The van der Waals surface area contributed by atoms with Gasteiger partial charge in [0.25, 0.3) is 5.69 Å². The van der Waals surface area contributed by atoms with Gasteiger partial charge in [-0.1, -0.05) is 18.2 Å². The molecule has 0 aliphatic rings. The summed E-state index contributed by atoms with van der Waals surface area (Å²) in [4.78, 5) is 21.8. The van der Waals surface area contributed by atoms with Crippen LogP contribution in [0.2, 0.25) is 0 Å². The Balaban J connectivity index is 2.06. The van der Waals surface area contributed by atoms with Crippen molar-refractivity contribution in [1.82, 2.24) is 0 Å². The number of nitrogens with one attached hydrogen (secondary N) is 1. The molecule has 0 atom stereocenters. The van der Waals surface area contributed by atoms with Gasteiger partial charge in [-0.2, -0.15) is 0 Å². The molecule has 0 spiro atoms. The van der Waals surface area contributed by atoms with Crippen molar-refractivity contribution in [2.24, 2.45) is 0 Å². The third-order valence-electron chi connectivity index (χ3n) is 2.61. The highest BCUT2D eigenvalue weighted by atomic mass is 16.6. The Morgan fingerprint density at radius 1 is 1.20 bits per heavy atom. The molecule has 2 aromatic carbocycles. The van der Waals surface area contributed by atoms with Crippen molar-refractivity contribution in [2.75, 3.05) is 5.32 Å². The van der Waals surface area contributed by atoms with E-state index in [1.165, 1.54) is 18.2 Å². The first kappa shape index (κ1) is 13.5. The number of non-ortho nitro benzene ring substituents is 1. The Morgan fingerprint density at radius 3 is 2.50 bits per heavy atom. The van der Waals surface area contributed by atoms with Crippen molar-refractivity contribution in [3.05, 3.63) is 64.2 Å². The second-order valence-corrected chi connectivity index (χ2v) is 4.08. The molecule has 1 amide bonds. The number of rotatable bonds is 3. The van der Waals surface area contributed by atoms with Crippen LogP contribution in [-0.4, -0.2) is 11.0 Å². The average molecular weight is 272 g/mol. The molecule has 0 aliphatic carbocycles. The lowest BCUT2D eigenvalue weighted by atomic mass is 10.2. The van der Waals surface area contributed by atoms with Crippen LogP contribution >= 0.6 is 0 Å². The Hall–Kier alpha value is -2.89. The van der Waals surface area contributed by atoms with Gasteiger partial charge in [0, 0.05) is 17.8 Å². The van der Waals surface area contributed by atoms with Crippen molar-refractivity contribution in [3.63, 3.8) is 0 Å². The maximum Gasteiger partial charge on any atom is 0.417 e. The molecule has 2 rings (SSSR count). The van der Waals surface area contributed by atoms with E-state index >= 15 is 0 Å². The summed E-state index contributed by atoms with van der Waals surface area (Å²) in [7, 11) is 0. The van der Waals surface area contributed by atoms with Gasteiger partial charge in [-0.3, -0.25) is 15.4 Å². The van der Waals surface area contributed by atoms with Crippen LogP contribution in [0.3, 0.4) is 0 Å². The molecule has 0 bridgehead atoms. The zero-order chi connectivity index (χ0) is 14.5. The van der Waals surface area contributed by atoms with E-state index in [1.807, 2.05) is 6.07 Å². The van der Waals surface area contributed by atoms with E-state index in [1.54, 1.807) is 31.2 Å². The summed E-state index contributed by atoms with van der Waals surface area (Å²) in [6.07, 6.45) is -0.645. The molecule has 0 aromatic heterocycles. The summed E-state index contributed by atoms with van der Waals surface area (Å²) < 4.78 is 5.07. The van der Waals surface area contributed by atoms with E-state index < -0.39 is 11.0 Å². The minimum atomic E-state index is -0.645. The Morgan fingerprint density at radius 2 is 1.90 bits per heavy atom. The number of amides is 1. The molecular formula is C14H12N2O4. The summed E-state index contributed by atoms with van der Waals surface area (Å²) in [5, 5.41) is 13.2. The van der Waals surface area contributed by atoms with Gasteiger partial charge in [-0.05, 0) is 30.7 Å². The highest BCUT2D eigenvalue weighted by Gasteiger charge is 2.11. The normalized spacial score (nSPS) is 9.85. The molecule has 0 saturated heterocycles. The summed E-state index contributed by atoms with van der Waals surface area (Å²) in [5.74, 6) is 0.421. The number of nitrogens with zero attached hydrogens (tertiary/aromatic N) is 1. The number of hydrogen-bond acceptors (Lipinski definition) is 4. The van der Waals surface area contributed by atoms with Gasteiger partial charge in [0.2, 0.25) is 0 Å². The lowest BCUT2D eigenvalue weighted by Crippen LogP contribution is -2.17. The molecule has 6 nitrogen and oxygen atoms in total. The Bertz CT molecular complexity index is 641. The van der Waals surface area contributed by atoms with Crippen molar-refractivity contribution < 1.29 is 14.5 Å². The Labute approximate surface area is 115 Å². The van der Waals surface area contributed by atoms with Crippen LogP contribution in [-0.2, 0) is 0 Å². The predicted molar refractivity (Wildman–Crippen MR) is 73.9 cm³/mol.